The summed E-state index contributed by atoms with van der Waals surface area (Å²) >= 11 is 0. The first-order valence-corrected chi connectivity index (χ1v) is 7.22. The molecule has 0 fully saturated rings. The molecular formula is C16H25NO3. The quantitative estimate of drug-likeness (QED) is 0.729. The maximum absolute atomic E-state index is 11.7. The van der Waals surface area contributed by atoms with Crippen molar-refractivity contribution in [1.29, 1.82) is 0 Å². The molecule has 4 nitrogen and oxygen atoms in total. The van der Waals surface area contributed by atoms with E-state index in [1.807, 2.05) is 31.2 Å². The van der Waals surface area contributed by atoms with Gasteiger partial charge in [0, 0.05) is 13.2 Å². The van der Waals surface area contributed by atoms with E-state index in [1.165, 1.54) is 0 Å². The lowest BCUT2D eigenvalue weighted by Crippen LogP contribution is -2.30. The van der Waals surface area contributed by atoms with E-state index in [1.54, 1.807) is 0 Å². The van der Waals surface area contributed by atoms with Crippen LogP contribution in [-0.4, -0.2) is 30.8 Å². The Morgan fingerprint density at radius 2 is 2.25 bits per heavy atom. The molecule has 2 N–H and O–H groups in total. The molecule has 1 atom stereocenters. The van der Waals surface area contributed by atoms with Gasteiger partial charge in [-0.3, -0.25) is 4.79 Å². The molecule has 1 aromatic carbocycles. The van der Waals surface area contributed by atoms with E-state index >= 15 is 0 Å². The first-order chi connectivity index (χ1) is 9.65. The Hall–Kier alpha value is -1.55. The third kappa shape index (κ3) is 6.57. The fraction of sp³-hybridized carbons (Fsp3) is 0.562. The molecule has 0 saturated carbocycles. The van der Waals surface area contributed by atoms with E-state index in [2.05, 4.69) is 12.2 Å². The molecule has 0 aliphatic heterocycles. The zero-order valence-electron chi connectivity index (χ0n) is 12.4. The van der Waals surface area contributed by atoms with Crippen LogP contribution >= 0.6 is 0 Å². The third-order valence-electron chi connectivity index (χ3n) is 3.29. The summed E-state index contributed by atoms with van der Waals surface area (Å²) < 4.78 is 5.54. The van der Waals surface area contributed by atoms with Gasteiger partial charge in [0.05, 0.1) is 13.0 Å². The number of benzene rings is 1. The van der Waals surface area contributed by atoms with Gasteiger partial charge in [0.1, 0.15) is 5.75 Å². The monoisotopic (exact) mass is 279 g/mol. The van der Waals surface area contributed by atoms with Crippen LogP contribution < -0.4 is 10.1 Å². The van der Waals surface area contributed by atoms with Crippen LogP contribution in [0.3, 0.4) is 0 Å². The van der Waals surface area contributed by atoms with Crippen molar-refractivity contribution in [2.24, 2.45) is 5.92 Å². The summed E-state index contributed by atoms with van der Waals surface area (Å²) in [4.78, 5) is 11.7. The van der Waals surface area contributed by atoms with Crippen LogP contribution in [0.5, 0.6) is 5.75 Å². The molecule has 4 heteroatoms. The van der Waals surface area contributed by atoms with Crippen molar-refractivity contribution in [2.75, 3.05) is 19.8 Å². The number of nitrogens with one attached hydrogen (secondary N) is 1. The molecule has 0 bridgehead atoms. The van der Waals surface area contributed by atoms with Crippen LogP contribution in [0.15, 0.2) is 24.3 Å². The number of amides is 1. The molecule has 0 radical (unpaired) electrons. The number of aliphatic hydroxyl groups excluding tert-OH is 1. The summed E-state index contributed by atoms with van der Waals surface area (Å²) in [7, 11) is 0. The molecule has 1 rings (SSSR count). The van der Waals surface area contributed by atoms with Gasteiger partial charge in [0.15, 0.2) is 0 Å². The minimum atomic E-state index is -0.00552. The van der Waals surface area contributed by atoms with Crippen LogP contribution in [0.2, 0.25) is 0 Å². The van der Waals surface area contributed by atoms with Gasteiger partial charge in [-0.15, -0.1) is 0 Å². The Morgan fingerprint density at radius 1 is 1.45 bits per heavy atom. The van der Waals surface area contributed by atoms with Crippen LogP contribution in [0.25, 0.3) is 0 Å². The normalized spacial score (nSPS) is 11.9. The van der Waals surface area contributed by atoms with Gasteiger partial charge in [0.25, 0.3) is 0 Å². The van der Waals surface area contributed by atoms with Crippen molar-refractivity contribution in [1.82, 2.24) is 5.32 Å². The maximum atomic E-state index is 11.7. The fourth-order valence-electron chi connectivity index (χ4n) is 1.95. The second-order valence-electron chi connectivity index (χ2n) is 5.01. The number of aryl methyl sites for hydroxylation is 1. The number of hydrogen-bond acceptors (Lipinski definition) is 3. The second-order valence-corrected chi connectivity index (χ2v) is 5.01. The molecule has 1 unspecified atom stereocenters. The average molecular weight is 279 g/mol. The van der Waals surface area contributed by atoms with Gasteiger partial charge in [-0.2, -0.15) is 0 Å². The lowest BCUT2D eigenvalue weighted by molar-refractivity contribution is -0.121. The van der Waals surface area contributed by atoms with Crippen molar-refractivity contribution in [3.63, 3.8) is 0 Å². The van der Waals surface area contributed by atoms with Crippen molar-refractivity contribution in [3.8, 4) is 5.75 Å². The van der Waals surface area contributed by atoms with Crippen LogP contribution in [0, 0.1) is 12.8 Å². The average Bonchev–Trinajstić information content (AvgIpc) is 2.43. The highest BCUT2D eigenvalue weighted by molar-refractivity contribution is 5.75. The van der Waals surface area contributed by atoms with Crippen molar-refractivity contribution in [2.45, 2.75) is 33.1 Å². The lowest BCUT2D eigenvalue weighted by Gasteiger charge is -2.14. The first kappa shape index (κ1) is 16.5. The first-order valence-electron chi connectivity index (χ1n) is 7.22. The highest BCUT2D eigenvalue weighted by Crippen LogP contribution is 2.12. The minimum absolute atomic E-state index is 0.00552. The Bertz CT molecular complexity index is 406. The van der Waals surface area contributed by atoms with E-state index in [-0.39, 0.29) is 12.5 Å². The molecule has 0 aromatic heterocycles. The van der Waals surface area contributed by atoms with E-state index in [9.17, 15) is 4.79 Å². The summed E-state index contributed by atoms with van der Waals surface area (Å²) in [6, 6.07) is 7.78. The van der Waals surface area contributed by atoms with E-state index < -0.39 is 0 Å². The second kappa shape index (κ2) is 9.37. The molecule has 112 valence electrons. The summed E-state index contributed by atoms with van der Waals surface area (Å²) in [6.07, 6.45) is 2.04. The van der Waals surface area contributed by atoms with Gasteiger partial charge in [-0.05, 0) is 37.0 Å². The summed E-state index contributed by atoms with van der Waals surface area (Å²) in [5.41, 5.74) is 1.14. The number of rotatable bonds is 9. The molecule has 1 aromatic rings. The molecule has 1 amide bonds. The molecule has 0 saturated heterocycles. The van der Waals surface area contributed by atoms with E-state index in [4.69, 9.17) is 9.84 Å². The van der Waals surface area contributed by atoms with E-state index in [0.29, 0.717) is 25.5 Å². The third-order valence-corrected chi connectivity index (χ3v) is 3.29. The molecule has 0 heterocycles. The number of carbonyl (C=O) groups excluding carboxylic acids is 1. The predicted octanol–water partition coefficient (Wildman–Crippen LogP) is 2.29. The highest BCUT2D eigenvalue weighted by atomic mass is 16.5. The van der Waals surface area contributed by atoms with Crippen molar-refractivity contribution < 1.29 is 14.6 Å². The largest absolute Gasteiger partial charge is 0.493 e. The zero-order chi connectivity index (χ0) is 14.8. The zero-order valence-corrected chi connectivity index (χ0v) is 12.4. The van der Waals surface area contributed by atoms with Gasteiger partial charge in [0.2, 0.25) is 5.91 Å². The summed E-state index contributed by atoms with van der Waals surface area (Å²) in [5.74, 6) is 1.14. The smallest absolute Gasteiger partial charge is 0.223 e. The van der Waals surface area contributed by atoms with Crippen LogP contribution in [0.1, 0.15) is 31.7 Å². The van der Waals surface area contributed by atoms with Gasteiger partial charge in [-0.1, -0.05) is 25.5 Å². The van der Waals surface area contributed by atoms with Crippen LogP contribution in [0.4, 0.5) is 0 Å². The summed E-state index contributed by atoms with van der Waals surface area (Å²) in [6.45, 7) is 5.25. The molecule has 0 aliphatic carbocycles. The Labute approximate surface area is 121 Å². The molecule has 0 spiro atoms. The minimum Gasteiger partial charge on any atom is -0.493 e. The number of hydrogen-bond donors (Lipinski definition) is 2. The standard InChI is InChI=1S/C16H25NO3/c1-3-14(7-9-18)12-17-16(19)8-10-20-15-6-4-5-13(2)11-15/h4-6,11,14,18H,3,7-10,12H2,1-2H3,(H,17,19). The molecular weight excluding hydrogens is 254 g/mol. The van der Waals surface area contributed by atoms with Crippen molar-refractivity contribution in [3.05, 3.63) is 29.8 Å². The Balaban J connectivity index is 2.20. The topological polar surface area (TPSA) is 58.6 Å². The molecule has 20 heavy (non-hydrogen) atoms. The van der Waals surface area contributed by atoms with E-state index in [0.717, 1.165) is 24.2 Å². The number of aliphatic hydroxyl groups is 1. The van der Waals surface area contributed by atoms with Crippen molar-refractivity contribution >= 4 is 5.91 Å². The predicted molar refractivity (Wildman–Crippen MR) is 79.8 cm³/mol. The lowest BCUT2D eigenvalue weighted by atomic mass is 10.0. The Morgan fingerprint density at radius 3 is 2.90 bits per heavy atom. The highest BCUT2D eigenvalue weighted by Gasteiger charge is 2.08. The number of ether oxygens (including phenoxy) is 1. The van der Waals surface area contributed by atoms with Crippen LogP contribution in [-0.2, 0) is 4.79 Å². The summed E-state index contributed by atoms with van der Waals surface area (Å²) in [5, 5.41) is 11.8. The van der Waals surface area contributed by atoms with Gasteiger partial charge in [-0.25, -0.2) is 0 Å². The Kier molecular flexibility index (Phi) is 7.73. The number of carbonyl (C=O) groups is 1. The van der Waals surface area contributed by atoms with Gasteiger partial charge >= 0.3 is 0 Å². The molecule has 0 aliphatic rings. The fourth-order valence-corrected chi connectivity index (χ4v) is 1.95. The SMILES string of the molecule is CCC(CCO)CNC(=O)CCOc1cccc(C)c1. The maximum Gasteiger partial charge on any atom is 0.223 e. The van der Waals surface area contributed by atoms with Gasteiger partial charge < -0.3 is 15.2 Å².